The predicted molar refractivity (Wildman–Crippen MR) is 103 cm³/mol. The van der Waals surface area contributed by atoms with Gasteiger partial charge in [0.25, 0.3) is 5.91 Å². The molecular formula is C23H15F4NO. The number of alkyl halides is 3. The Labute approximate surface area is 164 Å². The largest absolute Gasteiger partial charge is 0.416 e. The number of benzene rings is 3. The third-order valence-corrected chi connectivity index (χ3v) is 4.84. The summed E-state index contributed by atoms with van der Waals surface area (Å²) in [5, 5.41) is 0. The van der Waals surface area contributed by atoms with Crippen LogP contribution in [0.4, 0.5) is 23.2 Å². The van der Waals surface area contributed by atoms with Gasteiger partial charge in [0.05, 0.1) is 17.7 Å². The van der Waals surface area contributed by atoms with Gasteiger partial charge in [-0.1, -0.05) is 42.5 Å². The predicted octanol–water partition coefficient (Wildman–Crippen LogP) is 5.80. The first-order valence-electron chi connectivity index (χ1n) is 8.88. The summed E-state index contributed by atoms with van der Waals surface area (Å²) in [6.07, 6.45) is -4.44. The number of rotatable bonds is 3. The molecule has 1 amide bonds. The van der Waals surface area contributed by atoms with Gasteiger partial charge >= 0.3 is 6.18 Å². The Bertz CT molecular complexity index is 1070. The van der Waals surface area contributed by atoms with E-state index >= 15 is 0 Å². The molecule has 0 radical (unpaired) electrons. The Balaban J connectivity index is 1.76. The van der Waals surface area contributed by atoms with E-state index in [1.54, 1.807) is 0 Å². The quantitative estimate of drug-likeness (QED) is 0.512. The van der Waals surface area contributed by atoms with Crippen LogP contribution in [-0.4, -0.2) is 12.5 Å². The van der Waals surface area contributed by atoms with Crippen molar-refractivity contribution in [3.05, 3.63) is 101 Å². The summed E-state index contributed by atoms with van der Waals surface area (Å²) >= 11 is 0. The first-order valence-corrected chi connectivity index (χ1v) is 8.88. The van der Waals surface area contributed by atoms with Gasteiger partial charge in [0.2, 0.25) is 0 Å². The van der Waals surface area contributed by atoms with Gasteiger partial charge in [-0.25, -0.2) is 4.39 Å². The second-order valence-electron chi connectivity index (χ2n) is 6.66. The smallest absolute Gasteiger partial charge is 0.304 e. The number of carbonyl (C=O) groups excluding carboxylic acids is 1. The lowest BCUT2D eigenvalue weighted by molar-refractivity contribution is -0.137. The van der Waals surface area contributed by atoms with Crippen LogP contribution in [0.5, 0.6) is 0 Å². The Morgan fingerprint density at radius 3 is 1.97 bits per heavy atom. The second kappa shape index (κ2) is 7.20. The van der Waals surface area contributed by atoms with E-state index in [1.165, 1.54) is 41.3 Å². The summed E-state index contributed by atoms with van der Waals surface area (Å²) in [4.78, 5) is 14.6. The summed E-state index contributed by atoms with van der Waals surface area (Å²) in [5.41, 5.74) is 2.13. The molecule has 0 unspecified atom stereocenters. The Hall–Kier alpha value is -3.41. The van der Waals surface area contributed by atoms with E-state index in [0.717, 1.165) is 23.3 Å². The molecule has 0 aliphatic carbocycles. The van der Waals surface area contributed by atoms with Crippen molar-refractivity contribution in [1.82, 2.24) is 0 Å². The van der Waals surface area contributed by atoms with Crippen LogP contribution in [0.15, 0.2) is 78.9 Å². The third kappa shape index (κ3) is 3.66. The van der Waals surface area contributed by atoms with E-state index < -0.39 is 17.6 Å². The van der Waals surface area contributed by atoms with Crippen LogP contribution in [0.3, 0.4) is 0 Å². The number of hydrogen-bond acceptors (Lipinski definition) is 1. The Kier molecular flexibility index (Phi) is 4.70. The molecule has 1 heterocycles. The topological polar surface area (TPSA) is 20.3 Å². The maximum atomic E-state index is 13.4. The molecule has 3 aromatic carbocycles. The molecule has 0 fully saturated rings. The first-order chi connectivity index (χ1) is 13.8. The summed E-state index contributed by atoms with van der Waals surface area (Å²) in [5.74, 6) is -0.754. The number of halogens is 4. The minimum absolute atomic E-state index is 0.209. The van der Waals surface area contributed by atoms with Crippen LogP contribution in [0.1, 0.15) is 16.7 Å². The number of hydrogen-bond donors (Lipinski definition) is 0. The fourth-order valence-electron chi connectivity index (χ4n) is 3.40. The van der Waals surface area contributed by atoms with Crippen molar-refractivity contribution in [3.8, 4) is 0 Å². The van der Waals surface area contributed by atoms with E-state index in [2.05, 4.69) is 0 Å². The van der Waals surface area contributed by atoms with E-state index in [0.29, 0.717) is 16.8 Å². The van der Waals surface area contributed by atoms with Crippen molar-refractivity contribution >= 4 is 22.7 Å². The van der Waals surface area contributed by atoms with Gasteiger partial charge < -0.3 is 4.90 Å². The van der Waals surface area contributed by atoms with Crippen molar-refractivity contribution in [2.24, 2.45) is 0 Å². The summed E-state index contributed by atoms with van der Waals surface area (Å²) in [6.45, 7) is 0.209. The average molecular weight is 397 g/mol. The van der Waals surface area contributed by atoms with E-state index in [4.69, 9.17) is 0 Å². The zero-order chi connectivity index (χ0) is 20.6. The van der Waals surface area contributed by atoms with Crippen molar-refractivity contribution in [2.75, 3.05) is 11.4 Å². The molecule has 0 bridgehead atoms. The lowest BCUT2D eigenvalue weighted by atomic mass is 9.97. The third-order valence-electron chi connectivity index (χ3n) is 4.84. The normalized spacial score (nSPS) is 14.6. The van der Waals surface area contributed by atoms with Gasteiger partial charge in [0.15, 0.2) is 0 Å². The van der Waals surface area contributed by atoms with Gasteiger partial charge in [-0.15, -0.1) is 0 Å². The molecule has 0 aromatic heterocycles. The van der Waals surface area contributed by atoms with Gasteiger partial charge in [0.1, 0.15) is 5.82 Å². The molecule has 4 rings (SSSR count). The number of carbonyl (C=O) groups is 1. The Morgan fingerprint density at radius 1 is 0.759 bits per heavy atom. The molecule has 0 atom stereocenters. The van der Waals surface area contributed by atoms with Crippen LogP contribution >= 0.6 is 0 Å². The summed E-state index contributed by atoms with van der Waals surface area (Å²) < 4.78 is 51.9. The van der Waals surface area contributed by atoms with Crippen LogP contribution < -0.4 is 4.90 Å². The molecule has 1 aliphatic heterocycles. The fourth-order valence-corrected chi connectivity index (χ4v) is 3.40. The molecule has 0 saturated carbocycles. The highest BCUT2D eigenvalue weighted by Crippen LogP contribution is 2.38. The molecule has 6 heteroatoms. The molecular weight excluding hydrogens is 382 g/mol. The van der Waals surface area contributed by atoms with Gasteiger partial charge in [-0.2, -0.15) is 13.2 Å². The van der Waals surface area contributed by atoms with Crippen LogP contribution in [0, 0.1) is 5.82 Å². The Morgan fingerprint density at radius 2 is 1.38 bits per heavy atom. The summed E-state index contributed by atoms with van der Waals surface area (Å²) in [6, 6.07) is 19.4. The average Bonchev–Trinajstić information content (AvgIpc) is 3.06. The lowest BCUT2D eigenvalue weighted by Crippen LogP contribution is -2.26. The maximum absolute atomic E-state index is 13.4. The van der Waals surface area contributed by atoms with E-state index in [9.17, 15) is 22.4 Å². The maximum Gasteiger partial charge on any atom is 0.416 e. The van der Waals surface area contributed by atoms with Crippen LogP contribution in [0.2, 0.25) is 0 Å². The lowest BCUT2D eigenvalue weighted by Gasteiger charge is -2.18. The zero-order valence-corrected chi connectivity index (χ0v) is 15.1. The molecule has 0 N–H and O–H groups in total. The molecule has 1 aliphatic rings. The number of amides is 1. The molecule has 2 nitrogen and oxygen atoms in total. The zero-order valence-electron chi connectivity index (χ0n) is 15.1. The molecule has 146 valence electrons. The highest BCUT2D eigenvalue weighted by atomic mass is 19.4. The van der Waals surface area contributed by atoms with Crippen LogP contribution in [0.25, 0.3) is 11.1 Å². The first kappa shape index (κ1) is 18.9. The summed E-state index contributed by atoms with van der Waals surface area (Å²) in [7, 11) is 0. The van der Waals surface area contributed by atoms with Crippen molar-refractivity contribution in [2.45, 2.75) is 6.18 Å². The SMILES string of the molecule is O=C1C(c2ccc(F)cc2)=C(c2ccccc2)CN1c1ccc(C(F)(F)F)cc1. The van der Waals surface area contributed by atoms with Crippen molar-refractivity contribution in [1.29, 1.82) is 0 Å². The van der Waals surface area contributed by atoms with Gasteiger partial charge in [-0.05, 0) is 53.1 Å². The minimum Gasteiger partial charge on any atom is -0.304 e. The van der Waals surface area contributed by atoms with Crippen molar-refractivity contribution in [3.63, 3.8) is 0 Å². The monoisotopic (exact) mass is 397 g/mol. The number of nitrogens with zero attached hydrogens (tertiary/aromatic N) is 1. The molecule has 0 saturated heterocycles. The van der Waals surface area contributed by atoms with Crippen LogP contribution in [-0.2, 0) is 11.0 Å². The number of anilines is 1. The fraction of sp³-hybridized carbons (Fsp3) is 0.0870. The van der Waals surface area contributed by atoms with E-state index in [1.807, 2.05) is 30.3 Å². The van der Waals surface area contributed by atoms with Gasteiger partial charge in [0, 0.05) is 5.69 Å². The second-order valence-corrected chi connectivity index (χ2v) is 6.66. The van der Waals surface area contributed by atoms with E-state index in [-0.39, 0.29) is 12.5 Å². The minimum atomic E-state index is -4.44. The molecule has 3 aromatic rings. The molecule has 0 spiro atoms. The molecule has 29 heavy (non-hydrogen) atoms. The standard InChI is InChI=1S/C23H15F4NO/c24-18-10-6-16(7-11-18)21-20(15-4-2-1-3-5-15)14-28(22(21)29)19-12-8-17(9-13-19)23(25,26)27/h1-13H,14H2. The highest BCUT2D eigenvalue weighted by molar-refractivity contribution is 6.36. The van der Waals surface area contributed by atoms with Gasteiger partial charge in [-0.3, -0.25) is 4.79 Å². The van der Waals surface area contributed by atoms with Crippen molar-refractivity contribution < 1.29 is 22.4 Å². The highest BCUT2D eigenvalue weighted by Gasteiger charge is 2.34.